The molecule has 1 saturated carbocycles. The van der Waals surface area contributed by atoms with Gasteiger partial charge < -0.3 is 30.5 Å². The second kappa shape index (κ2) is 13.9. The summed E-state index contributed by atoms with van der Waals surface area (Å²) < 4.78 is 14.1. The van der Waals surface area contributed by atoms with Crippen molar-refractivity contribution in [2.75, 3.05) is 36.9 Å². The summed E-state index contributed by atoms with van der Waals surface area (Å²) in [4.78, 5) is 28.5. The van der Waals surface area contributed by atoms with Gasteiger partial charge in [-0.2, -0.15) is 0 Å². The smallest absolute Gasteiger partial charge is 0.405 e. The molecular weight excluding hydrogens is 642 g/mol. The quantitative estimate of drug-likeness (QED) is 0.142. The summed E-state index contributed by atoms with van der Waals surface area (Å²) in [6.07, 6.45) is 3.12. The highest BCUT2D eigenvalue weighted by Gasteiger charge is 2.40. The van der Waals surface area contributed by atoms with Gasteiger partial charge in [-0.1, -0.05) is 54.6 Å². The second-order valence-electron chi connectivity index (χ2n) is 13.1. The molecule has 1 amide bonds. The molecular formula is C40H39N7O4. The number of nitrogen functional groups attached to an aromatic ring is 1. The first-order valence-electron chi connectivity index (χ1n) is 17.3. The Morgan fingerprint density at radius 2 is 1.80 bits per heavy atom. The molecule has 6 aromatic rings. The zero-order valence-electron chi connectivity index (χ0n) is 28.1. The number of hydrogen-bond donors (Lipinski definition) is 3. The predicted molar refractivity (Wildman–Crippen MR) is 197 cm³/mol. The van der Waals surface area contributed by atoms with Crippen LogP contribution in [-0.2, 0) is 21.6 Å². The molecule has 1 saturated heterocycles. The number of aromatic nitrogens is 4. The first-order valence-corrected chi connectivity index (χ1v) is 17.3. The van der Waals surface area contributed by atoms with Crippen molar-refractivity contribution in [3.63, 3.8) is 0 Å². The number of nitrogens with one attached hydrogen (secondary N) is 1. The first kappa shape index (κ1) is 32.4. The Bertz CT molecular complexity index is 2170. The fourth-order valence-corrected chi connectivity index (χ4v) is 7.10. The van der Waals surface area contributed by atoms with Crippen molar-refractivity contribution in [2.24, 2.45) is 0 Å². The van der Waals surface area contributed by atoms with E-state index in [0.717, 1.165) is 66.1 Å². The summed E-state index contributed by atoms with van der Waals surface area (Å²) >= 11 is 0. The predicted octanol–water partition coefficient (Wildman–Crippen LogP) is 6.80. The second-order valence-corrected chi connectivity index (χ2v) is 13.1. The molecule has 4 heterocycles. The third kappa shape index (κ3) is 6.61. The van der Waals surface area contributed by atoms with E-state index in [1.807, 2.05) is 71.3 Å². The maximum absolute atomic E-state index is 11.6. The standard InChI is InChI=1S/C40H39N7O4/c41-36-33(11-5-20-42-36)37-44-35-17-16-34(43-38(35)47(37)30-14-12-29(13-15-30)40(18-6-19-40)45-39(48)49)28-9-4-10-31(23-28)46-21-22-51-32(24-46)26-50-25-27-7-2-1-3-8-27/h1-5,7-17,20,23,32,45H,6,18-19,21-22,24-26H2,(H2,41,42)(H,48,49)/t32-/m1/s1. The van der Waals surface area contributed by atoms with E-state index in [9.17, 15) is 9.90 Å². The molecule has 11 heteroatoms. The SMILES string of the molecule is Nc1ncccc1-c1nc2ccc(-c3cccc(N4CCO[C@@H](COCc5ccccc5)C4)c3)nc2n1-c1ccc(C2(NC(=O)O)CCC2)cc1. The van der Waals surface area contributed by atoms with E-state index in [4.69, 9.17) is 25.2 Å². The number of rotatable bonds is 10. The number of anilines is 2. The van der Waals surface area contributed by atoms with Crippen molar-refractivity contribution >= 4 is 28.8 Å². The molecule has 2 fully saturated rings. The van der Waals surface area contributed by atoms with Crippen LogP contribution in [0.4, 0.5) is 16.3 Å². The number of nitrogens with zero attached hydrogens (tertiary/aromatic N) is 5. The Labute approximate surface area is 295 Å². The first-order chi connectivity index (χ1) is 25.0. The highest BCUT2D eigenvalue weighted by molar-refractivity contribution is 5.85. The Morgan fingerprint density at radius 3 is 2.57 bits per heavy atom. The van der Waals surface area contributed by atoms with Crippen LogP contribution in [0.3, 0.4) is 0 Å². The van der Waals surface area contributed by atoms with Crippen molar-refractivity contribution in [2.45, 2.75) is 37.5 Å². The summed E-state index contributed by atoms with van der Waals surface area (Å²) in [6, 6.07) is 34.3. The lowest BCUT2D eigenvalue weighted by Gasteiger charge is -2.42. The molecule has 2 aliphatic rings. The minimum absolute atomic E-state index is 0.0289. The van der Waals surface area contributed by atoms with E-state index in [1.54, 1.807) is 6.20 Å². The molecule has 1 aliphatic heterocycles. The van der Waals surface area contributed by atoms with Gasteiger partial charge in [0.25, 0.3) is 0 Å². The van der Waals surface area contributed by atoms with Gasteiger partial charge in [0.15, 0.2) is 11.5 Å². The Morgan fingerprint density at radius 1 is 0.961 bits per heavy atom. The maximum atomic E-state index is 11.6. The third-order valence-electron chi connectivity index (χ3n) is 9.88. The number of carboxylic acid groups (broad SMARTS) is 1. The van der Waals surface area contributed by atoms with Crippen LogP contribution < -0.4 is 16.0 Å². The average molecular weight is 682 g/mol. The summed E-state index contributed by atoms with van der Waals surface area (Å²) in [5, 5.41) is 12.3. The van der Waals surface area contributed by atoms with E-state index < -0.39 is 11.6 Å². The van der Waals surface area contributed by atoms with Crippen molar-refractivity contribution in [3.8, 4) is 28.3 Å². The fourth-order valence-electron chi connectivity index (χ4n) is 7.10. The molecule has 3 aromatic carbocycles. The fraction of sp³-hybridized carbons (Fsp3) is 0.250. The van der Waals surface area contributed by atoms with Gasteiger partial charge >= 0.3 is 6.09 Å². The summed E-state index contributed by atoms with van der Waals surface area (Å²) in [7, 11) is 0. The third-order valence-corrected chi connectivity index (χ3v) is 9.88. The molecule has 4 N–H and O–H groups in total. The molecule has 11 nitrogen and oxygen atoms in total. The number of carbonyl (C=O) groups is 1. The van der Waals surface area contributed by atoms with Gasteiger partial charge in [-0.15, -0.1) is 0 Å². The van der Waals surface area contributed by atoms with Crippen LogP contribution in [0.15, 0.2) is 109 Å². The Hall–Kier alpha value is -5.78. The van der Waals surface area contributed by atoms with E-state index >= 15 is 0 Å². The molecule has 51 heavy (non-hydrogen) atoms. The van der Waals surface area contributed by atoms with Crippen molar-refractivity contribution in [3.05, 3.63) is 120 Å². The number of hydrogen-bond acceptors (Lipinski definition) is 8. The molecule has 0 radical (unpaired) electrons. The summed E-state index contributed by atoms with van der Waals surface area (Å²) in [5.41, 5.74) is 13.7. The largest absolute Gasteiger partial charge is 0.465 e. The van der Waals surface area contributed by atoms with Crippen LogP contribution in [0, 0.1) is 0 Å². The average Bonchev–Trinajstić information content (AvgIpc) is 3.52. The number of benzene rings is 3. The number of fused-ring (bicyclic) bond motifs is 1. The topological polar surface area (TPSA) is 141 Å². The molecule has 0 bridgehead atoms. The van der Waals surface area contributed by atoms with Gasteiger partial charge in [0.1, 0.15) is 11.3 Å². The van der Waals surface area contributed by atoms with E-state index in [2.05, 4.69) is 51.6 Å². The van der Waals surface area contributed by atoms with E-state index in [1.165, 1.54) is 0 Å². The lowest BCUT2D eigenvalue weighted by molar-refractivity contribution is -0.0283. The number of ether oxygens (including phenoxy) is 2. The van der Waals surface area contributed by atoms with Gasteiger partial charge in [0.05, 0.1) is 42.7 Å². The van der Waals surface area contributed by atoms with Crippen LogP contribution in [0.5, 0.6) is 0 Å². The van der Waals surface area contributed by atoms with Crippen LogP contribution in [-0.4, -0.2) is 63.1 Å². The van der Waals surface area contributed by atoms with E-state index in [0.29, 0.717) is 48.2 Å². The minimum atomic E-state index is -1.02. The van der Waals surface area contributed by atoms with Crippen LogP contribution in [0.1, 0.15) is 30.4 Å². The summed E-state index contributed by atoms with van der Waals surface area (Å²) in [6.45, 7) is 3.22. The molecule has 0 unspecified atom stereocenters. The van der Waals surface area contributed by atoms with Gasteiger partial charge in [0, 0.05) is 36.2 Å². The summed E-state index contributed by atoms with van der Waals surface area (Å²) in [5.74, 6) is 0.990. The van der Waals surface area contributed by atoms with E-state index in [-0.39, 0.29) is 6.10 Å². The number of imidazole rings is 1. The van der Waals surface area contributed by atoms with Crippen LogP contribution >= 0.6 is 0 Å². The normalized spacial score (nSPS) is 16.9. The zero-order valence-corrected chi connectivity index (χ0v) is 28.1. The Kier molecular flexibility index (Phi) is 8.81. The number of morpholine rings is 1. The highest BCUT2D eigenvalue weighted by Crippen LogP contribution is 2.42. The van der Waals surface area contributed by atoms with Crippen molar-refractivity contribution in [1.82, 2.24) is 24.8 Å². The van der Waals surface area contributed by atoms with Crippen molar-refractivity contribution < 1.29 is 19.4 Å². The molecule has 8 rings (SSSR count). The van der Waals surface area contributed by atoms with Crippen LogP contribution in [0.25, 0.3) is 39.5 Å². The molecule has 1 atom stereocenters. The van der Waals surface area contributed by atoms with Gasteiger partial charge in [-0.05, 0) is 78.9 Å². The highest BCUT2D eigenvalue weighted by atomic mass is 16.5. The number of nitrogens with two attached hydrogens (primary N) is 1. The van der Waals surface area contributed by atoms with Gasteiger partial charge in [-0.25, -0.2) is 19.7 Å². The molecule has 3 aromatic heterocycles. The Balaban J connectivity index is 1.10. The number of amides is 1. The molecule has 1 aliphatic carbocycles. The number of pyridine rings is 2. The lowest BCUT2D eigenvalue weighted by atomic mass is 9.72. The lowest BCUT2D eigenvalue weighted by Crippen LogP contribution is -2.50. The molecule has 258 valence electrons. The van der Waals surface area contributed by atoms with Crippen LogP contribution in [0.2, 0.25) is 0 Å². The zero-order chi connectivity index (χ0) is 34.8. The minimum Gasteiger partial charge on any atom is -0.465 e. The van der Waals surface area contributed by atoms with Gasteiger partial charge in [-0.3, -0.25) is 4.57 Å². The molecule has 0 spiro atoms. The monoisotopic (exact) mass is 681 g/mol. The van der Waals surface area contributed by atoms with Crippen molar-refractivity contribution in [1.29, 1.82) is 0 Å². The van der Waals surface area contributed by atoms with Gasteiger partial charge in [0.2, 0.25) is 0 Å². The maximum Gasteiger partial charge on any atom is 0.405 e.